The Morgan fingerprint density at radius 3 is 2.27 bits per heavy atom. The van der Waals surface area contributed by atoms with Gasteiger partial charge in [0, 0.05) is 16.3 Å². The van der Waals surface area contributed by atoms with E-state index < -0.39 is 17.7 Å². The van der Waals surface area contributed by atoms with Crippen LogP contribution >= 0.6 is 11.6 Å². The van der Waals surface area contributed by atoms with Gasteiger partial charge in [0.05, 0.1) is 11.6 Å². The fourth-order valence-electron chi connectivity index (χ4n) is 3.55. The van der Waals surface area contributed by atoms with Crippen LogP contribution in [0.3, 0.4) is 0 Å². The van der Waals surface area contributed by atoms with Crippen molar-refractivity contribution in [2.45, 2.75) is 13.0 Å². The van der Waals surface area contributed by atoms with Gasteiger partial charge in [0.15, 0.2) is 0 Å². The third kappa shape index (κ3) is 3.33. The van der Waals surface area contributed by atoms with Gasteiger partial charge < -0.3 is 10.2 Å². The van der Waals surface area contributed by atoms with E-state index in [0.717, 1.165) is 5.56 Å². The second-order valence-corrected chi connectivity index (χ2v) is 7.47. The molecule has 5 nitrogen and oxygen atoms in total. The average molecular weight is 420 g/mol. The van der Waals surface area contributed by atoms with Crippen molar-refractivity contribution in [1.82, 2.24) is 0 Å². The molecule has 1 aliphatic rings. The van der Waals surface area contributed by atoms with Crippen LogP contribution in [0.15, 0.2) is 78.4 Å². The largest absolute Gasteiger partial charge is 0.508 e. The number of aliphatic hydroxyl groups excluding tert-OH is 1. The molecule has 0 bridgehead atoms. The van der Waals surface area contributed by atoms with Gasteiger partial charge in [0.2, 0.25) is 0 Å². The summed E-state index contributed by atoms with van der Waals surface area (Å²) in [6.45, 7) is 1.84. The molecule has 4 rings (SSSR count). The molecule has 6 heteroatoms. The molecule has 1 unspecified atom stereocenters. The summed E-state index contributed by atoms with van der Waals surface area (Å²) in [5.74, 6) is -1.75. The lowest BCUT2D eigenvalue weighted by atomic mass is 9.95. The Kier molecular flexibility index (Phi) is 5.06. The molecule has 1 aliphatic heterocycles. The van der Waals surface area contributed by atoms with Crippen molar-refractivity contribution in [3.05, 3.63) is 100 Å². The number of aryl methyl sites for hydroxylation is 1. The van der Waals surface area contributed by atoms with Gasteiger partial charge in [0.25, 0.3) is 11.7 Å². The highest BCUT2D eigenvalue weighted by Crippen LogP contribution is 2.43. The molecule has 3 aromatic carbocycles. The van der Waals surface area contributed by atoms with Gasteiger partial charge in [0.1, 0.15) is 11.5 Å². The standard InChI is InChI=1S/C24H18ClNO4/c1-14-7-10-17(13-19(14)25)26-21(15-8-11-18(27)12-9-15)20(23(29)24(26)30)22(28)16-5-3-2-4-6-16/h2-13,21,27-28H,1H3. The van der Waals surface area contributed by atoms with E-state index in [4.69, 9.17) is 11.6 Å². The topological polar surface area (TPSA) is 77.8 Å². The monoisotopic (exact) mass is 419 g/mol. The first-order chi connectivity index (χ1) is 14.4. The predicted octanol–water partition coefficient (Wildman–Crippen LogP) is 4.98. The summed E-state index contributed by atoms with van der Waals surface area (Å²) in [6.07, 6.45) is 0. The molecule has 150 valence electrons. The highest BCUT2D eigenvalue weighted by atomic mass is 35.5. The summed E-state index contributed by atoms with van der Waals surface area (Å²) in [7, 11) is 0. The summed E-state index contributed by atoms with van der Waals surface area (Å²) in [4.78, 5) is 27.4. The minimum atomic E-state index is -0.871. The lowest BCUT2D eigenvalue weighted by Gasteiger charge is -2.26. The smallest absolute Gasteiger partial charge is 0.300 e. The summed E-state index contributed by atoms with van der Waals surface area (Å²) in [5, 5.41) is 21.1. The van der Waals surface area contributed by atoms with E-state index in [9.17, 15) is 19.8 Å². The second kappa shape index (κ2) is 7.69. The quantitative estimate of drug-likeness (QED) is 0.356. The minimum absolute atomic E-state index is 0.0198. The number of rotatable bonds is 3. The van der Waals surface area contributed by atoms with Crippen molar-refractivity contribution in [1.29, 1.82) is 0 Å². The van der Waals surface area contributed by atoms with Gasteiger partial charge in [-0.15, -0.1) is 0 Å². The summed E-state index contributed by atoms with van der Waals surface area (Å²) < 4.78 is 0. The fraction of sp³-hybridized carbons (Fsp3) is 0.0833. The molecular weight excluding hydrogens is 402 g/mol. The van der Waals surface area contributed by atoms with Crippen molar-refractivity contribution < 1.29 is 19.8 Å². The van der Waals surface area contributed by atoms with E-state index in [1.54, 1.807) is 60.7 Å². The molecule has 1 saturated heterocycles. The number of phenolic OH excluding ortho intramolecular Hbond substituents is 1. The van der Waals surface area contributed by atoms with Gasteiger partial charge in [-0.05, 0) is 42.3 Å². The van der Waals surface area contributed by atoms with Gasteiger partial charge in [-0.2, -0.15) is 0 Å². The van der Waals surface area contributed by atoms with Gasteiger partial charge in [-0.3, -0.25) is 14.5 Å². The summed E-state index contributed by atoms with van der Waals surface area (Å²) in [6, 6.07) is 19.0. The number of aromatic hydroxyl groups is 1. The van der Waals surface area contributed by atoms with Gasteiger partial charge in [-0.1, -0.05) is 60.1 Å². The molecule has 0 radical (unpaired) electrons. The first-order valence-electron chi connectivity index (χ1n) is 9.30. The summed E-state index contributed by atoms with van der Waals surface area (Å²) in [5.41, 5.74) is 2.26. The fourth-order valence-corrected chi connectivity index (χ4v) is 3.73. The molecule has 0 aliphatic carbocycles. The highest BCUT2D eigenvalue weighted by Gasteiger charge is 2.47. The first-order valence-corrected chi connectivity index (χ1v) is 9.68. The van der Waals surface area contributed by atoms with Crippen LogP contribution in [0.4, 0.5) is 5.69 Å². The van der Waals surface area contributed by atoms with Gasteiger partial charge >= 0.3 is 0 Å². The highest BCUT2D eigenvalue weighted by molar-refractivity contribution is 6.51. The number of anilines is 1. The Morgan fingerprint density at radius 1 is 0.967 bits per heavy atom. The van der Waals surface area contributed by atoms with Crippen molar-refractivity contribution in [3.8, 4) is 5.75 Å². The molecule has 1 atom stereocenters. The SMILES string of the molecule is Cc1ccc(N2C(=O)C(=O)C(=C(O)c3ccccc3)C2c2ccc(O)cc2)cc1Cl. The number of phenols is 1. The van der Waals surface area contributed by atoms with Crippen LogP contribution < -0.4 is 4.90 Å². The Labute approximate surface area is 178 Å². The van der Waals surface area contributed by atoms with E-state index in [2.05, 4.69) is 0 Å². The Morgan fingerprint density at radius 2 is 1.63 bits per heavy atom. The van der Waals surface area contributed by atoms with Crippen molar-refractivity contribution >= 4 is 34.7 Å². The third-order valence-corrected chi connectivity index (χ3v) is 5.54. The number of aliphatic hydroxyl groups is 1. The molecule has 3 aromatic rings. The lowest BCUT2D eigenvalue weighted by molar-refractivity contribution is -0.132. The number of halogens is 1. The minimum Gasteiger partial charge on any atom is -0.508 e. The summed E-state index contributed by atoms with van der Waals surface area (Å²) >= 11 is 6.27. The normalized spacial score (nSPS) is 18.1. The van der Waals surface area contributed by atoms with Crippen LogP contribution in [0, 0.1) is 6.92 Å². The zero-order valence-corrected chi connectivity index (χ0v) is 16.8. The molecule has 0 saturated carbocycles. The molecular formula is C24H18ClNO4. The van der Waals surface area contributed by atoms with Crippen LogP contribution in [0.25, 0.3) is 5.76 Å². The maximum atomic E-state index is 13.0. The van der Waals surface area contributed by atoms with Crippen LogP contribution in [0.2, 0.25) is 5.02 Å². The number of carbonyl (C=O) groups is 2. The molecule has 1 heterocycles. The molecule has 30 heavy (non-hydrogen) atoms. The van der Waals surface area contributed by atoms with E-state index in [-0.39, 0.29) is 17.1 Å². The maximum Gasteiger partial charge on any atom is 0.300 e. The van der Waals surface area contributed by atoms with Crippen LogP contribution in [0.5, 0.6) is 5.75 Å². The second-order valence-electron chi connectivity index (χ2n) is 7.06. The average Bonchev–Trinajstić information content (AvgIpc) is 3.01. The first kappa shape index (κ1) is 19.7. The number of amides is 1. The zero-order chi connectivity index (χ0) is 21.4. The van der Waals surface area contributed by atoms with E-state index >= 15 is 0 Å². The number of hydrogen-bond acceptors (Lipinski definition) is 4. The Hall–Kier alpha value is -3.57. The van der Waals surface area contributed by atoms with Crippen molar-refractivity contribution in [2.24, 2.45) is 0 Å². The van der Waals surface area contributed by atoms with Crippen LogP contribution in [-0.2, 0) is 9.59 Å². The van der Waals surface area contributed by atoms with Gasteiger partial charge in [-0.25, -0.2) is 0 Å². The van der Waals surface area contributed by atoms with E-state index in [0.29, 0.717) is 21.8 Å². The number of carbonyl (C=O) groups excluding carboxylic acids is 2. The number of nitrogens with zero attached hydrogens (tertiary/aromatic N) is 1. The predicted molar refractivity (Wildman–Crippen MR) is 116 cm³/mol. The molecule has 0 spiro atoms. The Bertz CT molecular complexity index is 1170. The number of Topliss-reactive ketones (excluding diaryl/α,β-unsaturated/α-hetero) is 1. The number of ketones is 1. The Balaban J connectivity index is 1.95. The van der Waals surface area contributed by atoms with Crippen molar-refractivity contribution in [3.63, 3.8) is 0 Å². The molecule has 1 amide bonds. The third-order valence-electron chi connectivity index (χ3n) is 5.13. The molecule has 0 aromatic heterocycles. The van der Waals surface area contributed by atoms with E-state index in [1.807, 2.05) is 6.92 Å². The maximum absolute atomic E-state index is 13.0. The number of benzene rings is 3. The number of hydrogen-bond donors (Lipinski definition) is 2. The van der Waals surface area contributed by atoms with E-state index in [1.165, 1.54) is 17.0 Å². The van der Waals surface area contributed by atoms with Crippen LogP contribution in [0.1, 0.15) is 22.7 Å². The zero-order valence-electron chi connectivity index (χ0n) is 16.0. The molecule has 1 fully saturated rings. The van der Waals surface area contributed by atoms with Crippen molar-refractivity contribution in [2.75, 3.05) is 4.90 Å². The van der Waals surface area contributed by atoms with Crippen LogP contribution in [-0.4, -0.2) is 21.9 Å². The lowest BCUT2D eigenvalue weighted by Crippen LogP contribution is -2.29. The molecule has 2 N–H and O–H groups in total.